The molecule has 26 heavy (non-hydrogen) atoms. The molecule has 0 amide bonds. The maximum atomic E-state index is 12.8. The summed E-state index contributed by atoms with van der Waals surface area (Å²) in [5.74, 6) is -1.59. The zero-order valence-electron chi connectivity index (χ0n) is 15.3. The van der Waals surface area contributed by atoms with Gasteiger partial charge in [-0.05, 0) is 65.1 Å². The summed E-state index contributed by atoms with van der Waals surface area (Å²) in [6.07, 6.45) is 2.27. The van der Waals surface area contributed by atoms with Gasteiger partial charge in [0.1, 0.15) is 5.92 Å². The van der Waals surface area contributed by atoms with Crippen LogP contribution in [-0.2, 0) is 14.3 Å². The Morgan fingerprint density at radius 3 is 2.54 bits per heavy atom. The number of carbonyl (C=O) groups excluding carboxylic acids is 2. The monoisotopic (exact) mass is 369 g/mol. The highest BCUT2D eigenvalue weighted by Gasteiger charge is 2.39. The van der Waals surface area contributed by atoms with Crippen LogP contribution in [0.25, 0.3) is 5.57 Å². The number of rotatable bonds is 5. The summed E-state index contributed by atoms with van der Waals surface area (Å²) in [6, 6.07) is 10.1. The predicted molar refractivity (Wildman–Crippen MR) is 106 cm³/mol. The van der Waals surface area contributed by atoms with Crippen molar-refractivity contribution in [3.63, 3.8) is 0 Å². The quantitative estimate of drug-likeness (QED) is 0.587. The van der Waals surface area contributed by atoms with Crippen molar-refractivity contribution < 1.29 is 14.3 Å². The van der Waals surface area contributed by atoms with Crippen molar-refractivity contribution in [3.05, 3.63) is 58.3 Å². The summed E-state index contributed by atoms with van der Waals surface area (Å²) >= 11 is 1.60. The fourth-order valence-corrected chi connectivity index (χ4v) is 4.04. The van der Waals surface area contributed by atoms with Crippen molar-refractivity contribution in [2.75, 3.05) is 25.6 Å². The normalized spacial score (nSPS) is 19.8. The van der Waals surface area contributed by atoms with Gasteiger partial charge in [-0.15, -0.1) is 0 Å². The van der Waals surface area contributed by atoms with Crippen molar-refractivity contribution in [2.24, 2.45) is 5.92 Å². The van der Waals surface area contributed by atoms with Crippen LogP contribution in [0.1, 0.15) is 30.4 Å². The fourth-order valence-electron chi connectivity index (χ4n) is 3.36. The number of hydrogen-bond donors (Lipinski definition) is 0. The van der Waals surface area contributed by atoms with Gasteiger partial charge in [-0.1, -0.05) is 12.1 Å². The van der Waals surface area contributed by atoms with E-state index in [2.05, 4.69) is 0 Å². The van der Waals surface area contributed by atoms with E-state index in [-0.39, 0.29) is 18.3 Å². The smallest absolute Gasteiger partial charge is 0.317 e. The van der Waals surface area contributed by atoms with Gasteiger partial charge in [0.25, 0.3) is 0 Å². The minimum Gasteiger partial charge on any atom is -0.465 e. The van der Waals surface area contributed by atoms with E-state index >= 15 is 0 Å². The maximum Gasteiger partial charge on any atom is 0.317 e. The molecule has 1 heterocycles. The van der Waals surface area contributed by atoms with E-state index in [1.165, 1.54) is 0 Å². The molecule has 2 aromatic rings. The topological polar surface area (TPSA) is 46.6 Å². The minimum atomic E-state index is -0.775. The molecule has 2 unspecified atom stereocenters. The fraction of sp³-hybridized carbons (Fsp3) is 0.333. The lowest BCUT2D eigenvalue weighted by Crippen LogP contribution is -2.34. The number of allylic oxidation sites excluding steroid dienone is 2. The number of carbonyl (C=O) groups is 2. The third-order valence-electron chi connectivity index (χ3n) is 4.74. The first kappa shape index (κ1) is 18.4. The number of anilines is 1. The molecule has 1 aliphatic carbocycles. The van der Waals surface area contributed by atoms with E-state index in [9.17, 15) is 9.59 Å². The molecule has 0 bridgehead atoms. The third kappa shape index (κ3) is 3.73. The Morgan fingerprint density at radius 1 is 1.23 bits per heavy atom. The second kappa shape index (κ2) is 7.87. The van der Waals surface area contributed by atoms with Crippen molar-refractivity contribution in [2.45, 2.75) is 19.3 Å². The summed E-state index contributed by atoms with van der Waals surface area (Å²) in [5, 5.41) is 4.04. The highest BCUT2D eigenvalue weighted by atomic mass is 32.1. The van der Waals surface area contributed by atoms with Crippen LogP contribution in [0.5, 0.6) is 0 Å². The average Bonchev–Trinajstić information content (AvgIpc) is 3.16. The van der Waals surface area contributed by atoms with Gasteiger partial charge in [0.15, 0.2) is 5.78 Å². The van der Waals surface area contributed by atoms with Crippen molar-refractivity contribution in [1.29, 1.82) is 0 Å². The standard InChI is InChI=1S/C21H23NO3S/c1-4-25-21(24)20-18(14-5-7-17(8-6-14)22(2)3)11-16(12-19(20)23)15-9-10-26-13-15/h5-10,12-13,18,20H,4,11H2,1-3H3. The number of esters is 1. The Bertz CT molecular complexity index is 806. The lowest BCUT2D eigenvalue weighted by Gasteiger charge is -2.29. The second-order valence-electron chi connectivity index (χ2n) is 6.61. The van der Waals surface area contributed by atoms with Gasteiger partial charge in [0.2, 0.25) is 0 Å². The Kier molecular flexibility index (Phi) is 5.57. The molecular weight excluding hydrogens is 346 g/mol. The van der Waals surface area contributed by atoms with Gasteiger partial charge in [-0.25, -0.2) is 0 Å². The Labute approximate surface area is 158 Å². The molecule has 0 spiro atoms. The summed E-state index contributed by atoms with van der Waals surface area (Å²) in [5.41, 5.74) is 4.11. The summed E-state index contributed by atoms with van der Waals surface area (Å²) in [7, 11) is 3.97. The zero-order valence-corrected chi connectivity index (χ0v) is 16.1. The lowest BCUT2D eigenvalue weighted by molar-refractivity contribution is -0.151. The van der Waals surface area contributed by atoms with Gasteiger partial charge >= 0.3 is 5.97 Å². The summed E-state index contributed by atoms with van der Waals surface area (Å²) in [4.78, 5) is 27.3. The van der Waals surface area contributed by atoms with Crippen LogP contribution in [0.4, 0.5) is 5.69 Å². The molecule has 0 radical (unpaired) electrons. The number of nitrogens with zero attached hydrogens (tertiary/aromatic N) is 1. The second-order valence-corrected chi connectivity index (χ2v) is 7.39. The van der Waals surface area contributed by atoms with Crippen molar-refractivity contribution >= 4 is 34.3 Å². The van der Waals surface area contributed by atoms with Crippen molar-refractivity contribution in [1.82, 2.24) is 0 Å². The van der Waals surface area contributed by atoms with Gasteiger partial charge in [-0.2, -0.15) is 11.3 Å². The molecule has 4 nitrogen and oxygen atoms in total. The van der Waals surface area contributed by atoms with Crippen LogP contribution in [0.3, 0.4) is 0 Å². The molecule has 0 N–H and O–H groups in total. The highest BCUT2D eigenvalue weighted by Crippen LogP contribution is 2.41. The van der Waals surface area contributed by atoms with E-state index in [1.807, 2.05) is 60.1 Å². The van der Waals surface area contributed by atoms with E-state index in [1.54, 1.807) is 24.3 Å². The largest absolute Gasteiger partial charge is 0.465 e. The molecular formula is C21H23NO3S. The first-order chi connectivity index (χ1) is 12.5. The van der Waals surface area contributed by atoms with Crippen LogP contribution < -0.4 is 4.90 Å². The Hall–Kier alpha value is -2.40. The summed E-state index contributed by atoms with van der Waals surface area (Å²) < 4.78 is 5.20. The van der Waals surface area contributed by atoms with Gasteiger partial charge in [0, 0.05) is 25.7 Å². The molecule has 5 heteroatoms. The third-order valence-corrected chi connectivity index (χ3v) is 5.42. The van der Waals surface area contributed by atoms with E-state index in [4.69, 9.17) is 4.74 Å². The predicted octanol–water partition coefficient (Wildman–Crippen LogP) is 4.13. The van der Waals surface area contributed by atoms with Crippen LogP contribution in [-0.4, -0.2) is 32.5 Å². The molecule has 136 valence electrons. The van der Waals surface area contributed by atoms with Gasteiger partial charge < -0.3 is 9.64 Å². The Morgan fingerprint density at radius 2 is 1.96 bits per heavy atom. The van der Waals surface area contributed by atoms with Gasteiger partial charge in [-0.3, -0.25) is 9.59 Å². The van der Waals surface area contributed by atoms with Crippen molar-refractivity contribution in [3.8, 4) is 0 Å². The van der Waals surface area contributed by atoms with E-state index in [0.717, 1.165) is 22.4 Å². The maximum absolute atomic E-state index is 12.8. The SMILES string of the molecule is CCOC(=O)C1C(=O)C=C(c2ccsc2)CC1c1ccc(N(C)C)cc1. The molecule has 3 rings (SSSR count). The average molecular weight is 369 g/mol. The molecule has 0 saturated heterocycles. The Balaban J connectivity index is 1.98. The first-order valence-corrected chi connectivity index (χ1v) is 9.66. The number of hydrogen-bond acceptors (Lipinski definition) is 5. The number of benzene rings is 1. The molecule has 0 fully saturated rings. The van der Waals surface area contributed by atoms with Crippen LogP contribution >= 0.6 is 11.3 Å². The number of thiophene rings is 1. The molecule has 0 aliphatic heterocycles. The lowest BCUT2D eigenvalue weighted by atomic mass is 9.74. The molecule has 1 aromatic heterocycles. The molecule has 1 aliphatic rings. The van der Waals surface area contributed by atoms with Crippen LogP contribution in [0.2, 0.25) is 0 Å². The molecule has 2 atom stereocenters. The van der Waals surface area contributed by atoms with E-state index in [0.29, 0.717) is 6.42 Å². The van der Waals surface area contributed by atoms with Crippen LogP contribution in [0.15, 0.2) is 47.2 Å². The molecule has 1 aromatic carbocycles. The first-order valence-electron chi connectivity index (χ1n) is 8.72. The highest BCUT2D eigenvalue weighted by molar-refractivity contribution is 7.08. The minimum absolute atomic E-state index is 0.169. The van der Waals surface area contributed by atoms with E-state index < -0.39 is 11.9 Å². The number of ketones is 1. The van der Waals surface area contributed by atoms with Crippen LogP contribution in [0, 0.1) is 5.92 Å². The zero-order chi connectivity index (χ0) is 18.7. The summed E-state index contributed by atoms with van der Waals surface area (Å²) in [6.45, 7) is 2.04. The van der Waals surface area contributed by atoms with Gasteiger partial charge in [0.05, 0.1) is 6.61 Å². The number of ether oxygens (including phenoxy) is 1. The molecule has 0 saturated carbocycles.